The summed E-state index contributed by atoms with van der Waals surface area (Å²) in [5.74, 6) is 0. The fraction of sp³-hybridized carbons (Fsp3) is 0.571. The van der Waals surface area contributed by atoms with Gasteiger partial charge in [-0.3, -0.25) is 0 Å². The lowest BCUT2D eigenvalue weighted by Gasteiger charge is -2.13. The molecule has 0 aromatic heterocycles. The van der Waals surface area contributed by atoms with Gasteiger partial charge in [0.1, 0.15) is 0 Å². The van der Waals surface area contributed by atoms with Crippen LogP contribution in [0.3, 0.4) is 0 Å². The van der Waals surface area contributed by atoms with Crippen molar-refractivity contribution in [3.05, 3.63) is 35.4 Å². The van der Waals surface area contributed by atoms with Gasteiger partial charge < -0.3 is 10.2 Å². The zero-order valence-corrected chi connectivity index (χ0v) is 10.4. The SMILES string of the molecule is CN(C)Cc1cccc(CC2CCCN2)c1. The molecule has 1 aromatic carbocycles. The van der Waals surface area contributed by atoms with Gasteiger partial charge in [-0.05, 0) is 51.0 Å². The van der Waals surface area contributed by atoms with Crippen molar-refractivity contribution in [3.63, 3.8) is 0 Å². The van der Waals surface area contributed by atoms with Crippen LogP contribution >= 0.6 is 0 Å². The third kappa shape index (κ3) is 3.32. The Hall–Kier alpha value is -0.860. The van der Waals surface area contributed by atoms with Crippen LogP contribution < -0.4 is 5.32 Å². The largest absolute Gasteiger partial charge is 0.314 e. The van der Waals surface area contributed by atoms with E-state index in [2.05, 4.69) is 48.6 Å². The summed E-state index contributed by atoms with van der Waals surface area (Å²) < 4.78 is 0. The highest BCUT2D eigenvalue weighted by molar-refractivity contribution is 5.24. The van der Waals surface area contributed by atoms with Crippen molar-refractivity contribution in [2.45, 2.75) is 31.8 Å². The molecule has 1 atom stereocenters. The van der Waals surface area contributed by atoms with Crippen molar-refractivity contribution >= 4 is 0 Å². The molecular weight excluding hydrogens is 196 g/mol. The Morgan fingerprint density at radius 2 is 2.12 bits per heavy atom. The topological polar surface area (TPSA) is 15.3 Å². The Morgan fingerprint density at radius 1 is 1.31 bits per heavy atom. The molecular formula is C14H22N2. The van der Waals surface area contributed by atoms with E-state index in [4.69, 9.17) is 0 Å². The maximum Gasteiger partial charge on any atom is 0.0227 e. The molecule has 16 heavy (non-hydrogen) atoms. The maximum atomic E-state index is 3.55. The van der Waals surface area contributed by atoms with Gasteiger partial charge in [-0.15, -0.1) is 0 Å². The average Bonchev–Trinajstić information content (AvgIpc) is 2.70. The first-order chi connectivity index (χ1) is 7.74. The van der Waals surface area contributed by atoms with E-state index < -0.39 is 0 Å². The van der Waals surface area contributed by atoms with Crippen molar-refractivity contribution in [2.75, 3.05) is 20.6 Å². The van der Waals surface area contributed by atoms with Gasteiger partial charge in [0.05, 0.1) is 0 Å². The minimum atomic E-state index is 0.703. The van der Waals surface area contributed by atoms with Gasteiger partial charge in [0, 0.05) is 12.6 Å². The fourth-order valence-electron chi connectivity index (χ4n) is 2.44. The van der Waals surface area contributed by atoms with E-state index in [-0.39, 0.29) is 0 Å². The predicted molar refractivity (Wildman–Crippen MR) is 68.6 cm³/mol. The molecule has 1 aliphatic rings. The molecule has 1 aliphatic heterocycles. The van der Waals surface area contributed by atoms with E-state index in [9.17, 15) is 0 Å². The second kappa shape index (κ2) is 5.46. The van der Waals surface area contributed by atoms with Crippen molar-refractivity contribution in [2.24, 2.45) is 0 Å². The molecule has 0 saturated carbocycles. The summed E-state index contributed by atoms with van der Waals surface area (Å²) in [5.41, 5.74) is 2.89. The molecule has 0 bridgehead atoms. The van der Waals surface area contributed by atoms with E-state index in [1.54, 1.807) is 0 Å². The number of hydrogen-bond acceptors (Lipinski definition) is 2. The highest BCUT2D eigenvalue weighted by Gasteiger charge is 2.14. The van der Waals surface area contributed by atoms with Crippen molar-refractivity contribution in [1.29, 1.82) is 0 Å². The minimum absolute atomic E-state index is 0.703. The molecule has 88 valence electrons. The van der Waals surface area contributed by atoms with Crippen LogP contribution in [-0.2, 0) is 13.0 Å². The van der Waals surface area contributed by atoms with E-state index in [1.807, 2.05) is 0 Å². The molecule has 1 saturated heterocycles. The number of nitrogens with one attached hydrogen (secondary N) is 1. The van der Waals surface area contributed by atoms with Crippen LogP contribution in [0.15, 0.2) is 24.3 Å². The average molecular weight is 218 g/mol. The number of hydrogen-bond donors (Lipinski definition) is 1. The smallest absolute Gasteiger partial charge is 0.0227 e. The lowest BCUT2D eigenvalue weighted by Crippen LogP contribution is -2.23. The molecule has 0 radical (unpaired) electrons. The Bertz CT molecular complexity index is 327. The van der Waals surface area contributed by atoms with Crippen LogP contribution in [0.25, 0.3) is 0 Å². The minimum Gasteiger partial charge on any atom is -0.314 e. The summed E-state index contributed by atoms with van der Waals surface area (Å²) in [4.78, 5) is 2.22. The standard InChI is InChI=1S/C14H22N2/c1-16(2)11-13-6-3-5-12(9-13)10-14-7-4-8-15-14/h3,5-6,9,14-15H,4,7-8,10-11H2,1-2H3. The molecule has 1 unspecified atom stereocenters. The maximum absolute atomic E-state index is 3.55. The second-order valence-corrected chi connectivity index (χ2v) is 5.06. The van der Waals surface area contributed by atoms with Gasteiger partial charge in [0.25, 0.3) is 0 Å². The summed E-state index contributed by atoms with van der Waals surface area (Å²) in [6.45, 7) is 2.23. The van der Waals surface area contributed by atoms with Gasteiger partial charge in [-0.2, -0.15) is 0 Å². The molecule has 0 aliphatic carbocycles. The summed E-state index contributed by atoms with van der Waals surface area (Å²) in [6, 6.07) is 9.70. The highest BCUT2D eigenvalue weighted by Crippen LogP contribution is 2.14. The Labute approximate surface area is 98.7 Å². The zero-order valence-electron chi connectivity index (χ0n) is 10.4. The summed E-state index contributed by atoms with van der Waals surface area (Å²) in [5, 5.41) is 3.55. The number of benzene rings is 1. The van der Waals surface area contributed by atoms with Crippen LogP contribution in [0.2, 0.25) is 0 Å². The molecule has 1 fully saturated rings. The monoisotopic (exact) mass is 218 g/mol. The van der Waals surface area contributed by atoms with Gasteiger partial charge >= 0.3 is 0 Å². The van der Waals surface area contributed by atoms with Crippen molar-refractivity contribution < 1.29 is 0 Å². The molecule has 2 heteroatoms. The van der Waals surface area contributed by atoms with Gasteiger partial charge in [-0.25, -0.2) is 0 Å². The fourth-order valence-corrected chi connectivity index (χ4v) is 2.44. The third-order valence-electron chi connectivity index (χ3n) is 3.13. The Morgan fingerprint density at radius 3 is 2.81 bits per heavy atom. The van der Waals surface area contributed by atoms with E-state index >= 15 is 0 Å². The lowest BCUT2D eigenvalue weighted by molar-refractivity contribution is 0.402. The van der Waals surface area contributed by atoms with Crippen LogP contribution in [0, 0.1) is 0 Å². The molecule has 1 N–H and O–H groups in total. The first kappa shape index (κ1) is 11.6. The van der Waals surface area contributed by atoms with E-state index in [0.29, 0.717) is 6.04 Å². The molecule has 1 aromatic rings. The van der Waals surface area contributed by atoms with E-state index in [0.717, 1.165) is 6.54 Å². The van der Waals surface area contributed by atoms with Crippen LogP contribution in [0.4, 0.5) is 0 Å². The highest BCUT2D eigenvalue weighted by atomic mass is 15.0. The van der Waals surface area contributed by atoms with Gasteiger partial charge in [0.15, 0.2) is 0 Å². The van der Waals surface area contributed by atoms with Gasteiger partial charge in [-0.1, -0.05) is 24.3 Å². The van der Waals surface area contributed by atoms with Crippen molar-refractivity contribution in [1.82, 2.24) is 10.2 Å². The Kier molecular flexibility index (Phi) is 3.97. The second-order valence-electron chi connectivity index (χ2n) is 5.06. The molecule has 0 amide bonds. The quantitative estimate of drug-likeness (QED) is 0.832. The normalized spacial score (nSPS) is 20.6. The summed E-state index contributed by atoms with van der Waals surface area (Å²) in [6.07, 6.45) is 3.85. The molecule has 1 heterocycles. The van der Waals surface area contributed by atoms with Crippen LogP contribution in [0.1, 0.15) is 24.0 Å². The van der Waals surface area contributed by atoms with E-state index in [1.165, 1.54) is 36.9 Å². The van der Waals surface area contributed by atoms with Crippen molar-refractivity contribution in [3.8, 4) is 0 Å². The summed E-state index contributed by atoms with van der Waals surface area (Å²) >= 11 is 0. The summed E-state index contributed by atoms with van der Waals surface area (Å²) in [7, 11) is 4.23. The molecule has 2 rings (SSSR count). The van der Waals surface area contributed by atoms with Crippen LogP contribution in [-0.4, -0.2) is 31.6 Å². The van der Waals surface area contributed by atoms with Crippen LogP contribution in [0.5, 0.6) is 0 Å². The first-order valence-electron chi connectivity index (χ1n) is 6.20. The molecule has 2 nitrogen and oxygen atoms in total. The Balaban J connectivity index is 1.97. The number of rotatable bonds is 4. The predicted octanol–water partition coefficient (Wildman–Crippen LogP) is 2.04. The third-order valence-corrected chi connectivity index (χ3v) is 3.13. The van der Waals surface area contributed by atoms with Gasteiger partial charge in [0.2, 0.25) is 0 Å². The zero-order chi connectivity index (χ0) is 11.4. The first-order valence-corrected chi connectivity index (χ1v) is 6.20. The lowest BCUT2D eigenvalue weighted by atomic mass is 10.0. The molecule has 0 spiro atoms. The number of nitrogens with zero attached hydrogens (tertiary/aromatic N) is 1.